The van der Waals surface area contributed by atoms with Crippen LogP contribution in [0.5, 0.6) is 0 Å². The first kappa shape index (κ1) is 28.3. The van der Waals surface area contributed by atoms with Crippen LogP contribution in [0.1, 0.15) is 19.8 Å². The van der Waals surface area contributed by atoms with Crippen molar-refractivity contribution in [3.05, 3.63) is 65.9 Å². The summed E-state index contributed by atoms with van der Waals surface area (Å²) >= 11 is 6.08. The van der Waals surface area contributed by atoms with Crippen molar-refractivity contribution in [1.82, 2.24) is 24.6 Å². The van der Waals surface area contributed by atoms with Crippen molar-refractivity contribution in [3.63, 3.8) is 0 Å². The molecule has 3 heterocycles. The van der Waals surface area contributed by atoms with Crippen LogP contribution in [0.3, 0.4) is 0 Å². The molecule has 12 heteroatoms. The second-order valence-electron chi connectivity index (χ2n) is 10.3. The van der Waals surface area contributed by atoms with Crippen LogP contribution in [0, 0.1) is 0 Å². The number of carbonyl (C=O) groups is 2. The van der Waals surface area contributed by atoms with E-state index in [2.05, 4.69) is 15.2 Å². The minimum atomic E-state index is -3.97. The van der Waals surface area contributed by atoms with Crippen LogP contribution in [0.2, 0.25) is 5.02 Å². The van der Waals surface area contributed by atoms with Crippen LogP contribution in [0.4, 0.5) is 5.69 Å². The van der Waals surface area contributed by atoms with Crippen LogP contribution >= 0.6 is 11.6 Å². The van der Waals surface area contributed by atoms with Gasteiger partial charge >= 0.3 is 0 Å². The molecule has 0 aliphatic carbocycles. The second kappa shape index (κ2) is 11.7. The number of aromatic nitrogens is 1. The normalized spacial score (nSPS) is 19.4. The third kappa shape index (κ3) is 5.92. The van der Waals surface area contributed by atoms with Crippen molar-refractivity contribution < 1.29 is 18.0 Å². The molecule has 10 nitrogen and oxygen atoms in total. The Morgan fingerprint density at radius 3 is 2.45 bits per heavy atom. The minimum Gasteiger partial charge on any atom is -0.371 e. The largest absolute Gasteiger partial charge is 0.371 e. The number of benzene rings is 2. The van der Waals surface area contributed by atoms with Gasteiger partial charge in [-0.25, -0.2) is 13.4 Å². The zero-order valence-electron chi connectivity index (χ0n) is 22.5. The van der Waals surface area contributed by atoms with Crippen LogP contribution in [0.15, 0.2) is 65.8 Å². The molecule has 2 saturated heterocycles. The van der Waals surface area contributed by atoms with E-state index in [0.29, 0.717) is 5.02 Å². The number of hydrogen-bond donors (Lipinski definition) is 1. The predicted molar refractivity (Wildman–Crippen MR) is 154 cm³/mol. The van der Waals surface area contributed by atoms with Gasteiger partial charge in [0.2, 0.25) is 15.9 Å². The van der Waals surface area contributed by atoms with Gasteiger partial charge in [-0.15, -0.1) is 0 Å². The van der Waals surface area contributed by atoms with Crippen molar-refractivity contribution in [1.29, 1.82) is 0 Å². The first-order valence-corrected chi connectivity index (χ1v) is 15.1. The Balaban J connectivity index is 1.34. The predicted octanol–water partition coefficient (Wildman–Crippen LogP) is 2.74. The molecule has 0 radical (unpaired) electrons. The molecule has 212 valence electrons. The zero-order chi connectivity index (χ0) is 28.4. The second-order valence-corrected chi connectivity index (χ2v) is 12.7. The van der Waals surface area contributed by atoms with E-state index >= 15 is 0 Å². The Morgan fingerprint density at radius 2 is 1.75 bits per heavy atom. The Hall–Kier alpha value is -3.25. The lowest BCUT2D eigenvalue weighted by Crippen LogP contribution is -2.66. The summed E-state index contributed by atoms with van der Waals surface area (Å²) in [5.41, 5.74) is 1.12. The Labute approximate surface area is 239 Å². The van der Waals surface area contributed by atoms with Gasteiger partial charge in [-0.1, -0.05) is 23.7 Å². The third-order valence-electron chi connectivity index (χ3n) is 7.69. The van der Waals surface area contributed by atoms with E-state index in [1.54, 1.807) is 47.7 Å². The number of hydrazine groups is 1. The SMILES string of the molecule is CC(=O)NCC1CN(S(=O)(=O)c2ccc3cc(Cl)ccc3c2)CC(=O)N1N(C)C1CCN(c2ccncc2)CC1. The van der Waals surface area contributed by atoms with Gasteiger partial charge in [0.05, 0.1) is 17.5 Å². The van der Waals surface area contributed by atoms with Gasteiger partial charge in [0.1, 0.15) is 0 Å². The molecule has 1 aromatic heterocycles. The van der Waals surface area contributed by atoms with E-state index in [-0.39, 0.29) is 42.4 Å². The smallest absolute Gasteiger partial charge is 0.252 e. The van der Waals surface area contributed by atoms with Crippen LogP contribution in [0.25, 0.3) is 10.8 Å². The molecule has 1 atom stereocenters. The van der Waals surface area contributed by atoms with Gasteiger partial charge in [0.25, 0.3) is 5.91 Å². The minimum absolute atomic E-state index is 0.0627. The zero-order valence-corrected chi connectivity index (χ0v) is 24.1. The van der Waals surface area contributed by atoms with Crippen molar-refractivity contribution in [2.75, 3.05) is 44.7 Å². The number of nitrogens with zero attached hydrogens (tertiary/aromatic N) is 5. The third-order valence-corrected chi connectivity index (χ3v) is 9.73. The fourth-order valence-electron chi connectivity index (χ4n) is 5.57. The number of piperazine rings is 1. The highest BCUT2D eigenvalue weighted by atomic mass is 35.5. The van der Waals surface area contributed by atoms with Crippen molar-refractivity contribution in [2.24, 2.45) is 0 Å². The van der Waals surface area contributed by atoms with E-state index in [0.717, 1.165) is 42.4 Å². The quantitative estimate of drug-likeness (QED) is 0.455. The standard InChI is InChI=1S/C28H33ClN6O4S/c1-20(36)31-17-26-18-34(40(38,39)27-6-4-21-15-23(29)5-3-22(21)16-27)19-28(37)35(26)32(2)24-9-13-33(14-10-24)25-7-11-30-12-8-25/h3-8,11-12,15-16,24,26H,9-10,13-14,17-19H2,1-2H3,(H,31,36). The van der Waals surface area contributed by atoms with E-state index in [1.807, 2.05) is 24.2 Å². The molecule has 0 spiro atoms. The molecule has 2 aliphatic heterocycles. The Bertz CT molecular complexity index is 1500. The highest BCUT2D eigenvalue weighted by Gasteiger charge is 2.42. The molecule has 2 aliphatic rings. The Kier molecular flexibility index (Phi) is 8.27. The summed E-state index contributed by atoms with van der Waals surface area (Å²) in [6, 6.07) is 13.6. The number of nitrogens with one attached hydrogen (secondary N) is 1. The maximum atomic E-state index is 13.7. The van der Waals surface area contributed by atoms with E-state index in [4.69, 9.17) is 11.6 Å². The first-order chi connectivity index (χ1) is 19.1. The number of sulfonamides is 1. The van der Waals surface area contributed by atoms with E-state index < -0.39 is 16.1 Å². The summed E-state index contributed by atoms with van der Waals surface area (Å²) in [6.07, 6.45) is 5.22. The number of piperidine rings is 1. The molecular formula is C28H33ClN6O4S. The number of amides is 2. The van der Waals surface area contributed by atoms with E-state index in [1.165, 1.54) is 17.3 Å². The van der Waals surface area contributed by atoms with Crippen molar-refractivity contribution >= 4 is 49.9 Å². The number of anilines is 1. The lowest BCUT2D eigenvalue weighted by Gasteiger charge is -2.48. The number of carbonyl (C=O) groups excluding carboxylic acids is 2. The number of rotatable bonds is 7. The van der Waals surface area contributed by atoms with Gasteiger partial charge in [-0.2, -0.15) is 4.31 Å². The molecule has 3 aromatic rings. The molecule has 5 rings (SSSR count). The van der Waals surface area contributed by atoms with Crippen LogP contribution in [-0.4, -0.2) is 91.4 Å². The number of hydrogen-bond acceptors (Lipinski definition) is 7. The summed E-state index contributed by atoms with van der Waals surface area (Å²) in [4.78, 5) is 31.9. The van der Waals surface area contributed by atoms with Gasteiger partial charge in [0.15, 0.2) is 0 Å². The molecule has 1 N–H and O–H groups in total. The maximum Gasteiger partial charge on any atom is 0.252 e. The van der Waals surface area contributed by atoms with Gasteiger partial charge in [-0.05, 0) is 60.0 Å². The summed E-state index contributed by atoms with van der Waals surface area (Å²) in [6.45, 7) is 2.98. The number of fused-ring (bicyclic) bond motifs is 1. The molecule has 2 fully saturated rings. The first-order valence-electron chi connectivity index (χ1n) is 13.3. The average Bonchev–Trinajstić information content (AvgIpc) is 2.95. The molecule has 0 bridgehead atoms. The highest BCUT2D eigenvalue weighted by molar-refractivity contribution is 7.89. The van der Waals surface area contributed by atoms with Crippen LogP contribution < -0.4 is 10.2 Å². The lowest BCUT2D eigenvalue weighted by atomic mass is 10.0. The fraction of sp³-hybridized carbons (Fsp3) is 0.393. The van der Waals surface area contributed by atoms with Gasteiger partial charge in [-0.3, -0.25) is 19.6 Å². The number of halogens is 1. The molecule has 1 unspecified atom stereocenters. The average molecular weight is 585 g/mol. The molecular weight excluding hydrogens is 552 g/mol. The molecule has 2 amide bonds. The maximum absolute atomic E-state index is 13.7. The van der Waals surface area contributed by atoms with Crippen LogP contribution in [-0.2, 0) is 19.6 Å². The summed E-state index contributed by atoms with van der Waals surface area (Å²) in [5.74, 6) is -0.564. The summed E-state index contributed by atoms with van der Waals surface area (Å²) in [5, 5.41) is 8.52. The summed E-state index contributed by atoms with van der Waals surface area (Å²) in [7, 11) is -2.09. The Morgan fingerprint density at radius 1 is 1.07 bits per heavy atom. The molecule has 40 heavy (non-hydrogen) atoms. The van der Waals surface area contributed by atoms with Crippen molar-refractivity contribution in [3.8, 4) is 0 Å². The molecule has 2 aromatic carbocycles. The summed E-state index contributed by atoms with van der Waals surface area (Å²) < 4.78 is 28.6. The lowest BCUT2D eigenvalue weighted by molar-refractivity contribution is -0.165. The molecule has 0 saturated carbocycles. The number of pyridine rings is 1. The fourth-order valence-corrected chi connectivity index (χ4v) is 7.21. The highest BCUT2D eigenvalue weighted by Crippen LogP contribution is 2.28. The van der Waals surface area contributed by atoms with Gasteiger partial charge < -0.3 is 10.2 Å². The topological polar surface area (TPSA) is 106 Å². The van der Waals surface area contributed by atoms with Crippen molar-refractivity contribution in [2.45, 2.75) is 36.7 Å². The van der Waals surface area contributed by atoms with Gasteiger partial charge in [0, 0.05) is 69.3 Å². The van der Waals surface area contributed by atoms with E-state index in [9.17, 15) is 18.0 Å². The monoisotopic (exact) mass is 584 g/mol.